The predicted molar refractivity (Wildman–Crippen MR) is 66.7 cm³/mol. The van der Waals surface area contributed by atoms with Gasteiger partial charge in [0.15, 0.2) is 0 Å². The topological polar surface area (TPSA) is 67.5 Å². The molecular formula is C12H20N2O2. The van der Waals surface area contributed by atoms with Gasteiger partial charge in [0.25, 0.3) is 0 Å². The molecule has 1 aromatic rings. The van der Waals surface area contributed by atoms with Crippen LogP contribution in [0, 0.1) is 5.92 Å². The second-order valence-electron chi connectivity index (χ2n) is 4.09. The van der Waals surface area contributed by atoms with Gasteiger partial charge in [-0.3, -0.25) is 0 Å². The van der Waals surface area contributed by atoms with E-state index in [2.05, 4.69) is 5.32 Å². The zero-order chi connectivity index (χ0) is 12.1. The molecule has 0 bridgehead atoms. The number of aliphatic hydroxyl groups excluding tert-OH is 1. The van der Waals surface area contributed by atoms with Gasteiger partial charge >= 0.3 is 0 Å². The van der Waals surface area contributed by atoms with Crippen molar-refractivity contribution < 1.29 is 9.84 Å². The van der Waals surface area contributed by atoms with Crippen LogP contribution in [0.3, 0.4) is 0 Å². The van der Waals surface area contributed by atoms with E-state index in [4.69, 9.17) is 15.6 Å². The van der Waals surface area contributed by atoms with E-state index in [-0.39, 0.29) is 18.6 Å². The summed E-state index contributed by atoms with van der Waals surface area (Å²) in [6, 6.07) is 5.68. The van der Waals surface area contributed by atoms with E-state index in [9.17, 15) is 0 Å². The standard InChI is InChI=1S/C12H20N2O2/c1-8(7-15)9(2)14-11-4-10(13)5-12(6-11)16-3/h4-6,8-9,14-15H,7,13H2,1-3H3. The first-order valence-electron chi connectivity index (χ1n) is 5.38. The normalized spacial score (nSPS) is 14.2. The lowest BCUT2D eigenvalue weighted by Gasteiger charge is -2.21. The van der Waals surface area contributed by atoms with Gasteiger partial charge in [-0.2, -0.15) is 0 Å². The molecule has 4 nitrogen and oxygen atoms in total. The molecule has 2 atom stereocenters. The minimum absolute atomic E-state index is 0.160. The molecule has 1 aromatic carbocycles. The molecule has 4 heteroatoms. The smallest absolute Gasteiger partial charge is 0.122 e. The van der Waals surface area contributed by atoms with E-state index in [1.165, 1.54) is 0 Å². The molecule has 16 heavy (non-hydrogen) atoms. The number of nitrogens with two attached hydrogens (primary N) is 1. The zero-order valence-electron chi connectivity index (χ0n) is 10.0. The number of nitrogens with one attached hydrogen (secondary N) is 1. The summed E-state index contributed by atoms with van der Waals surface area (Å²) < 4.78 is 5.13. The molecule has 90 valence electrons. The van der Waals surface area contributed by atoms with Gasteiger partial charge in [0, 0.05) is 36.2 Å². The Bertz CT molecular complexity index is 342. The van der Waals surface area contributed by atoms with Crippen molar-refractivity contribution in [1.82, 2.24) is 0 Å². The van der Waals surface area contributed by atoms with Gasteiger partial charge < -0.3 is 20.9 Å². The van der Waals surface area contributed by atoms with Gasteiger partial charge in [0.05, 0.1) is 7.11 Å². The molecule has 0 heterocycles. The summed E-state index contributed by atoms with van der Waals surface area (Å²) in [7, 11) is 1.61. The number of nitrogen functional groups attached to an aromatic ring is 1. The van der Waals surface area contributed by atoms with Gasteiger partial charge in [-0.25, -0.2) is 0 Å². The Hall–Kier alpha value is -1.42. The highest BCUT2D eigenvalue weighted by molar-refractivity contribution is 5.59. The molecule has 1 rings (SSSR count). The third-order valence-electron chi connectivity index (χ3n) is 2.70. The van der Waals surface area contributed by atoms with Crippen LogP contribution in [0.4, 0.5) is 11.4 Å². The highest BCUT2D eigenvalue weighted by atomic mass is 16.5. The van der Waals surface area contributed by atoms with Crippen molar-refractivity contribution in [3.05, 3.63) is 18.2 Å². The van der Waals surface area contributed by atoms with E-state index in [1.54, 1.807) is 13.2 Å². The van der Waals surface area contributed by atoms with Crippen molar-refractivity contribution in [3.8, 4) is 5.75 Å². The third kappa shape index (κ3) is 3.31. The van der Waals surface area contributed by atoms with Crippen molar-refractivity contribution in [2.75, 3.05) is 24.8 Å². The largest absolute Gasteiger partial charge is 0.497 e. The highest BCUT2D eigenvalue weighted by Crippen LogP contribution is 2.23. The van der Waals surface area contributed by atoms with E-state index in [0.717, 1.165) is 11.4 Å². The maximum absolute atomic E-state index is 9.05. The fourth-order valence-electron chi connectivity index (χ4n) is 1.39. The third-order valence-corrected chi connectivity index (χ3v) is 2.70. The first kappa shape index (κ1) is 12.6. The molecule has 0 aliphatic rings. The first-order valence-corrected chi connectivity index (χ1v) is 5.38. The summed E-state index contributed by atoms with van der Waals surface area (Å²) in [5, 5.41) is 12.3. The Morgan fingerprint density at radius 3 is 2.62 bits per heavy atom. The van der Waals surface area contributed by atoms with Crippen LogP contribution < -0.4 is 15.8 Å². The van der Waals surface area contributed by atoms with Crippen LogP contribution in [0.25, 0.3) is 0 Å². The average molecular weight is 224 g/mol. The van der Waals surface area contributed by atoms with Gasteiger partial charge in [-0.15, -0.1) is 0 Å². The molecule has 0 aliphatic carbocycles. The Kier molecular flexibility index (Phi) is 4.43. The van der Waals surface area contributed by atoms with Crippen LogP contribution in [-0.2, 0) is 0 Å². The van der Waals surface area contributed by atoms with Gasteiger partial charge in [-0.05, 0) is 18.9 Å². The molecule has 4 N–H and O–H groups in total. The monoisotopic (exact) mass is 224 g/mol. The van der Waals surface area contributed by atoms with Crippen LogP contribution in [0.2, 0.25) is 0 Å². The van der Waals surface area contributed by atoms with E-state index in [1.807, 2.05) is 26.0 Å². The Morgan fingerprint density at radius 1 is 1.38 bits per heavy atom. The first-order chi connectivity index (χ1) is 7.56. The van der Waals surface area contributed by atoms with Gasteiger partial charge in [0.2, 0.25) is 0 Å². The van der Waals surface area contributed by atoms with Crippen molar-refractivity contribution >= 4 is 11.4 Å². The average Bonchev–Trinajstić information content (AvgIpc) is 2.26. The lowest BCUT2D eigenvalue weighted by molar-refractivity contribution is 0.226. The second-order valence-corrected chi connectivity index (χ2v) is 4.09. The van der Waals surface area contributed by atoms with E-state index >= 15 is 0 Å². The fourth-order valence-corrected chi connectivity index (χ4v) is 1.39. The maximum atomic E-state index is 9.05. The van der Waals surface area contributed by atoms with Crippen LogP contribution in [0.1, 0.15) is 13.8 Å². The Labute approximate surface area is 96.4 Å². The van der Waals surface area contributed by atoms with E-state index < -0.39 is 0 Å². The van der Waals surface area contributed by atoms with Crippen molar-refractivity contribution in [2.45, 2.75) is 19.9 Å². The van der Waals surface area contributed by atoms with Crippen LogP contribution in [-0.4, -0.2) is 24.9 Å². The molecule has 0 saturated heterocycles. The molecule has 0 fully saturated rings. The summed E-state index contributed by atoms with van der Waals surface area (Å²) in [5.41, 5.74) is 7.32. The summed E-state index contributed by atoms with van der Waals surface area (Å²) in [4.78, 5) is 0. The molecule has 2 unspecified atom stereocenters. The number of hydrogen-bond donors (Lipinski definition) is 3. The molecule has 0 saturated carbocycles. The number of hydrogen-bond acceptors (Lipinski definition) is 4. The molecular weight excluding hydrogens is 204 g/mol. The second kappa shape index (κ2) is 5.61. The van der Waals surface area contributed by atoms with Crippen molar-refractivity contribution in [3.63, 3.8) is 0 Å². The fraction of sp³-hybridized carbons (Fsp3) is 0.500. The zero-order valence-corrected chi connectivity index (χ0v) is 10.0. The molecule has 0 spiro atoms. The van der Waals surface area contributed by atoms with Crippen LogP contribution in [0.15, 0.2) is 18.2 Å². The Balaban J connectivity index is 2.76. The number of anilines is 2. The Morgan fingerprint density at radius 2 is 2.06 bits per heavy atom. The van der Waals surface area contributed by atoms with E-state index in [0.29, 0.717) is 5.69 Å². The quantitative estimate of drug-likeness (QED) is 0.666. The lowest BCUT2D eigenvalue weighted by Crippen LogP contribution is -2.26. The van der Waals surface area contributed by atoms with Crippen molar-refractivity contribution in [1.29, 1.82) is 0 Å². The number of rotatable bonds is 5. The maximum Gasteiger partial charge on any atom is 0.122 e. The summed E-state index contributed by atoms with van der Waals surface area (Å²) in [6.07, 6.45) is 0. The summed E-state index contributed by atoms with van der Waals surface area (Å²) in [6.45, 7) is 4.17. The number of benzene rings is 1. The van der Waals surface area contributed by atoms with Crippen LogP contribution >= 0.6 is 0 Å². The van der Waals surface area contributed by atoms with Crippen molar-refractivity contribution in [2.24, 2.45) is 5.92 Å². The number of aliphatic hydroxyl groups is 1. The van der Waals surface area contributed by atoms with Gasteiger partial charge in [0.1, 0.15) is 5.75 Å². The molecule has 0 radical (unpaired) electrons. The molecule has 0 amide bonds. The van der Waals surface area contributed by atoms with Crippen LogP contribution in [0.5, 0.6) is 5.75 Å². The minimum atomic E-state index is 0.160. The molecule has 0 aromatic heterocycles. The number of methoxy groups -OCH3 is 1. The highest BCUT2D eigenvalue weighted by Gasteiger charge is 2.11. The summed E-state index contributed by atoms with van der Waals surface area (Å²) in [5.74, 6) is 0.916. The SMILES string of the molecule is COc1cc(N)cc(NC(C)C(C)CO)c1. The number of ether oxygens (including phenoxy) is 1. The lowest BCUT2D eigenvalue weighted by atomic mass is 10.0. The molecule has 0 aliphatic heterocycles. The predicted octanol–water partition coefficient (Wildman–Crippen LogP) is 1.71. The summed E-state index contributed by atoms with van der Waals surface area (Å²) >= 11 is 0. The van der Waals surface area contributed by atoms with Gasteiger partial charge in [-0.1, -0.05) is 6.92 Å². The minimum Gasteiger partial charge on any atom is -0.497 e.